The third-order valence-corrected chi connectivity index (χ3v) is 2.36. The average molecular weight is 248 g/mol. The molecule has 0 radical (unpaired) electrons. The fourth-order valence-electron chi connectivity index (χ4n) is 1.65. The highest BCUT2D eigenvalue weighted by atomic mass is 16.5. The number of nitrogens with zero attached hydrogens (tertiary/aromatic N) is 1. The number of anilines is 1. The number of nitrogens with two attached hydrogens (primary N) is 1. The van der Waals surface area contributed by atoms with Crippen LogP contribution in [0.2, 0.25) is 0 Å². The highest BCUT2D eigenvalue weighted by Crippen LogP contribution is 2.38. The number of aromatic nitrogens is 1. The van der Waals surface area contributed by atoms with Crippen molar-refractivity contribution in [3.05, 3.63) is 24.3 Å². The number of para-hydroxylation sites is 1. The Morgan fingerprint density at radius 1 is 1.33 bits per heavy atom. The first-order chi connectivity index (χ1) is 8.61. The summed E-state index contributed by atoms with van der Waals surface area (Å²) < 4.78 is 16.0. The molecule has 1 aromatic heterocycles. The van der Waals surface area contributed by atoms with Gasteiger partial charge in [-0.05, 0) is 26.0 Å². The Morgan fingerprint density at radius 3 is 2.67 bits per heavy atom. The van der Waals surface area contributed by atoms with Gasteiger partial charge in [0.05, 0.1) is 13.2 Å². The monoisotopic (exact) mass is 248 g/mol. The van der Waals surface area contributed by atoms with Crippen molar-refractivity contribution >= 4 is 5.88 Å². The van der Waals surface area contributed by atoms with Crippen LogP contribution >= 0.6 is 0 Å². The molecule has 5 heteroatoms. The van der Waals surface area contributed by atoms with Crippen LogP contribution in [0.15, 0.2) is 28.8 Å². The quantitative estimate of drug-likeness (QED) is 0.900. The Bertz CT molecular complexity index is 535. The first kappa shape index (κ1) is 12.3. The van der Waals surface area contributed by atoms with E-state index in [0.717, 1.165) is 5.56 Å². The standard InChI is InChI=1S/C13H16N2O3/c1-8(2)17-13-9(5-4-6-11(13)16-3)10-7-12(14)18-15-10/h4-8H,14H2,1-3H3. The van der Waals surface area contributed by atoms with Crippen molar-refractivity contribution in [3.8, 4) is 22.8 Å². The second-order valence-electron chi connectivity index (χ2n) is 4.12. The molecule has 2 N–H and O–H groups in total. The van der Waals surface area contributed by atoms with Crippen molar-refractivity contribution in [2.45, 2.75) is 20.0 Å². The van der Waals surface area contributed by atoms with Crippen molar-refractivity contribution in [2.24, 2.45) is 0 Å². The molecule has 18 heavy (non-hydrogen) atoms. The topological polar surface area (TPSA) is 70.5 Å². The van der Waals surface area contributed by atoms with Gasteiger partial charge in [-0.25, -0.2) is 0 Å². The summed E-state index contributed by atoms with van der Waals surface area (Å²) in [6.07, 6.45) is 0.0318. The van der Waals surface area contributed by atoms with Crippen LogP contribution in [0.25, 0.3) is 11.3 Å². The van der Waals surface area contributed by atoms with Crippen molar-refractivity contribution in [1.29, 1.82) is 0 Å². The highest BCUT2D eigenvalue weighted by molar-refractivity contribution is 5.72. The molecule has 1 heterocycles. The number of methoxy groups -OCH3 is 1. The summed E-state index contributed by atoms with van der Waals surface area (Å²) in [6.45, 7) is 3.90. The fourth-order valence-corrected chi connectivity index (χ4v) is 1.65. The van der Waals surface area contributed by atoms with E-state index in [0.29, 0.717) is 17.2 Å². The lowest BCUT2D eigenvalue weighted by Gasteiger charge is -2.16. The number of benzene rings is 1. The second kappa shape index (κ2) is 5.00. The van der Waals surface area contributed by atoms with Crippen LogP contribution in [-0.2, 0) is 0 Å². The van der Waals surface area contributed by atoms with Crippen LogP contribution in [-0.4, -0.2) is 18.4 Å². The zero-order valence-corrected chi connectivity index (χ0v) is 10.6. The Balaban J connectivity index is 2.51. The predicted octanol–water partition coefficient (Wildman–Crippen LogP) is 2.72. The number of ether oxygens (including phenoxy) is 2. The van der Waals surface area contributed by atoms with Crippen LogP contribution in [0.1, 0.15) is 13.8 Å². The molecule has 96 valence electrons. The third-order valence-electron chi connectivity index (χ3n) is 2.36. The molecule has 0 bridgehead atoms. The van der Waals surface area contributed by atoms with Gasteiger partial charge in [0.2, 0.25) is 5.88 Å². The van der Waals surface area contributed by atoms with Crippen molar-refractivity contribution in [3.63, 3.8) is 0 Å². The fraction of sp³-hybridized carbons (Fsp3) is 0.308. The van der Waals surface area contributed by atoms with Crippen molar-refractivity contribution in [2.75, 3.05) is 12.8 Å². The van der Waals surface area contributed by atoms with E-state index in [1.54, 1.807) is 13.2 Å². The maximum Gasteiger partial charge on any atom is 0.222 e. The molecule has 0 aliphatic carbocycles. The molecule has 0 aliphatic heterocycles. The Morgan fingerprint density at radius 2 is 2.11 bits per heavy atom. The summed E-state index contributed by atoms with van der Waals surface area (Å²) in [5, 5.41) is 3.89. The van der Waals surface area contributed by atoms with Gasteiger partial charge in [-0.2, -0.15) is 0 Å². The summed E-state index contributed by atoms with van der Waals surface area (Å²) in [5.41, 5.74) is 6.96. The van der Waals surface area contributed by atoms with E-state index in [1.807, 2.05) is 32.0 Å². The minimum Gasteiger partial charge on any atom is -0.493 e. The Hall–Kier alpha value is -2.17. The lowest BCUT2D eigenvalue weighted by Crippen LogP contribution is -2.07. The molecule has 0 fully saturated rings. The van der Waals surface area contributed by atoms with Crippen LogP contribution in [0.3, 0.4) is 0 Å². The van der Waals surface area contributed by atoms with Crippen LogP contribution < -0.4 is 15.2 Å². The summed E-state index contributed by atoms with van der Waals surface area (Å²) in [6, 6.07) is 7.25. The lowest BCUT2D eigenvalue weighted by atomic mass is 10.1. The molecule has 0 spiro atoms. The van der Waals surface area contributed by atoms with Gasteiger partial charge in [0, 0.05) is 11.6 Å². The molecule has 5 nitrogen and oxygen atoms in total. The molecule has 0 saturated heterocycles. The zero-order chi connectivity index (χ0) is 13.1. The van der Waals surface area contributed by atoms with Gasteiger partial charge in [-0.3, -0.25) is 0 Å². The largest absolute Gasteiger partial charge is 0.493 e. The summed E-state index contributed by atoms with van der Waals surface area (Å²) in [7, 11) is 1.60. The third kappa shape index (κ3) is 2.40. The van der Waals surface area contributed by atoms with E-state index in [2.05, 4.69) is 5.16 Å². The van der Waals surface area contributed by atoms with Crippen LogP contribution in [0.5, 0.6) is 11.5 Å². The van der Waals surface area contributed by atoms with Gasteiger partial charge in [0.1, 0.15) is 5.69 Å². The van der Waals surface area contributed by atoms with Crippen molar-refractivity contribution < 1.29 is 14.0 Å². The number of hydrogen-bond acceptors (Lipinski definition) is 5. The zero-order valence-electron chi connectivity index (χ0n) is 10.6. The maximum atomic E-state index is 5.78. The summed E-state index contributed by atoms with van der Waals surface area (Å²) in [4.78, 5) is 0. The molecule has 0 aliphatic rings. The molecule has 1 aromatic carbocycles. The molecule has 0 amide bonds. The molecule has 0 saturated carbocycles. The van der Waals surface area contributed by atoms with E-state index in [-0.39, 0.29) is 12.0 Å². The van der Waals surface area contributed by atoms with E-state index in [4.69, 9.17) is 19.7 Å². The first-order valence-electron chi connectivity index (χ1n) is 5.68. The van der Waals surface area contributed by atoms with Crippen molar-refractivity contribution in [1.82, 2.24) is 5.16 Å². The van der Waals surface area contributed by atoms with Crippen LogP contribution in [0.4, 0.5) is 5.88 Å². The van der Waals surface area contributed by atoms with Gasteiger partial charge in [-0.1, -0.05) is 11.2 Å². The smallest absolute Gasteiger partial charge is 0.222 e. The van der Waals surface area contributed by atoms with Gasteiger partial charge in [0.25, 0.3) is 0 Å². The molecule has 2 aromatic rings. The summed E-state index contributed by atoms with van der Waals surface area (Å²) >= 11 is 0. The van der Waals surface area contributed by atoms with E-state index < -0.39 is 0 Å². The second-order valence-corrected chi connectivity index (χ2v) is 4.12. The van der Waals surface area contributed by atoms with Gasteiger partial charge in [-0.15, -0.1) is 0 Å². The van der Waals surface area contributed by atoms with Crippen LogP contribution in [0, 0.1) is 0 Å². The normalized spacial score (nSPS) is 10.7. The van der Waals surface area contributed by atoms with Gasteiger partial charge < -0.3 is 19.7 Å². The molecule has 2 rings (SSSR count). The van der Waals surface area contributed by atoms with E-state index >= 15 is 0 Å². The average Bonchev–Trinajstić information content (AvgIpc) is 2.75. The molecular weight excluding hydrogens is 232 g/mol. The number of nitrogen functional groups attached to an aromatic ring is 1. The highest BCUT2D eigenvalue weighted by Gasteiger charge is 2.16. The predicted molar refractivity (Wildman–Crippen MR) is 68.7 cm³/mol. The minimum absolute atomic E-state index is 0.0318. The number of rotatable bonds is 4. The molecular formula is C13H16N2O3. The minimum atomic E-state index is 0.0318. The van der Waals surface area contributed by atoms with E-state index in [1.165, 1.54) is 0 Å². The van der Waals surface area contributed by atoms with E-state index in [9.17, 15) is 0 Å². The number of hydrogen-bond donors (Lipinski definition) is 1. The Kier molecular flexibility index (Phi) is 3.41. The summed E-state index contributed by atoms with van der Waals surface area (Å²) in [5.74, 6) is 1.56. The molecule has 0 atom stereocenters. The molecule has 0 unspecified atom stereocenters. The lowest BCUT2D eigenvalue weighted by molar-refractivity contribution is 0.231. The first-order valence-corrected chi connectivity index (χ1v) is 5.68. The maximum absolute atomic E-state index is 5.78. The SMILES string of the molecule is COc1cccc(-c2cc(N)on2)c1OC(C)C. The van der Waals surface area contributed by atoms with Gasteiger partial charge in [0.15, 0.2) is 11.5 Å². The van der Waals surface area contributed by atoms with Gasteiger partial charge >= 0.3 is 0 Å². The Labute approximate surface area is 105 Å².